The summed E-state index contributed by atoms with van der Waals surface area (Å²) >= 11 is 0. The van der Waals surface area contributed by atoms with Crippen molar-refractivity contribution in [3.63, 3.8) is 0 Å². The lowest BCUT2D eigenvalue weighted by Crippen LogP contribution is -2.30. The largest absolute Gasteiger partial charge is 0.507 e. The number of hydrogen-bond acceptors (Lipinski definition) is 5. The molecule has 154 valence electrons. The number of likely N-dealkylation sites (tertiary alicyclic amines) is 1. The van der Waals surface area contributed by atoms with E-state index in [4.69, 9.17) is 9.15 Å². The van der Waals surface area contributed by atoms with Crippen molar-refractivity contribution < 1.29 is 23.8 Å². The number of carbonyl (C=O) groups excluding carboxylic acids is 2. The Morgan fingerprint density at radius 1 is 1.28 bits per heavy atom. The first-order valence-electron chi connectivity index (χ1n) is 9.94. The summed E-state index contributed by atoms with van der Waals surface area (Å²) in [7, 11) is 0. The lowest BCUT2D eigenvalue weighted by molar-refractivity contribution is -0.140. The van der Waals surface area contributed by atoms with Gasteiger partial charge in [-0.15, -0.1) is 0 Å². The van der Waals surface area contributed by atoms with Gasteiger partial charge in [0.2, 0.25) is 0 Å². The van der Waals surface area contributed by atoms with Crippen molar-refractivity contribution in [2.45, 2.75) is 52.7 Å². The van der Waals surface area contributed by atoms with Crippen molar-refractivity contribution in [3.8, 4) is 5.75 Å². The molecule has 6 nitrogen and oxygen atoms in total. The number of benzene rings is 1. The summed E-state index contributed by atoms with van der Waals surface area (Å²) < 4.78 is 11.3. The summed E-state index contributed by atoms with van der Waals surface area (Å²) in [5.41, 5.74) is 1.35. The number of carbonyl (C=O) groups is 2. The molecule has 1 N–H and O–H groups in total. The van der Waals surface area contributed by atoms with Crippen molar-refractivity contribution in [2.75, 3.05) is 6.54 Å². The topological polar surface area (TPSA) is 80.0 Å². The van der Waals surface area contributed by atoms with Crippen molar-refractivity contribution in [2.24, 2.45) is 0 Å². The average Bonchev–Trinajstić information content (AvgIpc) is 3.29. The Hall–Kier alpha value is -3.02. The Kier molecular flexibility index (Phi) is 6.11. The van der Waals surface area contributed by atoms with Gasteiger partial charge in [-0.3, -0.25) is 9.59 Å². The Morgan fingerprint density at radius 3 is 2.62 bits per heavy atom. The molecule has 1 unspecified atom stereocenters. The van der Waals surface area contributed by atoms with Gasteiger partial charge < -0.3 is 19.2 Å². The first-order chi connectivity index (χ1) is 13.8. The molecule has 1 fully saturated rings. The molecule has 1 saturated heterocycles. The Labute approximate surface area is 170 Å². The van der Waals surface area contributed by atoms with Gasteiger partial charge >= 0.3 is 0 Å². The number of ketones is 1. The number of rotatable bonds is 7. The predicted molar refractivity (Wildman–Crippen MR) is 110 cm³/mol. The highest BCUT2D eigenvalue weighted by molar-refractivity contribution is 6.46. The smallest absolute Gasteiger partial charge is 0.295 e. The second kappa shape index (κ2) is 8.55. The summed E-state index contributed by atoms with van der Waals surface area (Å²) in [5.74, 6) is -0.346. The Morgan fingerprint density at radius 2 is 2.03 bits per heavy atom. The molecule has 1 aromatic heterocycles. The first-order valence-corrected chi connectivity index (χ1v) is 9.94. The van der Waals surface area contributed by atoms with Gasteiger partial charge in [-0.1, -0.05) is 13.3 Å². The van der Waals surface area contributed by atoms with Gasteiger partial charge in [-0.2, -0.15) is 0 Å². The van der Waals surface area contributed by atoms with Gasteiger partial charge in [-0.25, -0.2) is 0 Å². The maximum absolute atomic E-state index is 12.8. The normalized spacial score (nSPS) is 18.7. The number of hydrogen-bond donors (Lipinski definition) is 1. The fourth-order valence-corrected chi connectivity index (χ4v) is 3.52. The fourth-order valence-electron chi connectivity index (χ4n) is 3.52. The van der Waals surface area contributed by atoms with E-state index in [-0.39, 0.29) is 17.4 Å². The minimum Gasteiger partial charge on any atom is -0.507 e. The van der Waals surface area contributed by atoms with Gasteiger partial charge in [0.1, 0.15) is 23.3 Å². The zero-order valence-electron chi connectivity index (χ0n) is 17.3. The highest BCUT2D eigenvalue weighted by Gasteiger charge is 2.47. The van der Waals surface area contributed by atoms with Crippen LogP contribution in [0.4, 0.5) is 0 Å². The van der Waals surface area contributed by atoms with E-state index in [2.05, 4.69) is 0 Å². The van der Waals surface area contributed by atoms with Crippen molar-refractivity contribution in [1.82, 2.24) is 4.90 Å². The minimum absolute atomic E-state index is 0.0241. The van der Waals surface area contributed by atoms with Crippen LogP contribution in [0, 0.1) is 6.92 Å². The molecular weight excluding hydrogens is 370 g/mol. The molecular formula is C23H27NO5. The second-order valence-corrected chi connectivity index (χ2v) is 7.51. The van der Waals surface area contributed by atoms with E-state index < -0.39 is 17.7 Å². The number of ether oxygens (including phenoxy) is 1. The molecule has 3 rings (SSSR count). The summed E-state index contributed by atoms with van der Waals surface area (Å²) in [6.45, 7) is 8.19. The summed E-state index contributed by atoms with van der Waals surface area (Å²) in [5, 5.41) is 11.0. The molecule has 0 saturated carbocycles. The number of amides is 1. The van der Waals surface area contributed by atoms with Crippen LogP contribution in [0.25, 0.3) is 5.76 Å². The maximum atomic E-state index is 12.8. The van der Waals surface area contributed by atoms with Crippen molar-refractivity contribution >= 4 is 17.4 Å². The number of unbranched alkanes of at least 4 members (excludes halogenated alkanes) is 1. The highest BCUT2D eigenvalue weighted by Crippen LogP contribution is 2.40. The van der Waals surface area contributed by atoms with Crippen LogP contribution in [0.2, 0.25) is 0 Å². The molecule has 1 amide bonds. The van der Waals surface area contributed by atoms with E-state index in [1.165, 1.54) is 11.2 Å². The minimum atomic E-state index is -0.733. The first kappa shape index (κ1) is 20.7. The maximum Gasteiger partial charge on any atom is 0.295 e. The van der Waals surface area contributed by atoms with Gasteiger partial charge in [-0.05, 0) is 63.1 Å². The third-order valence-electron chi connectivity index (χ3n) is 4.92. The molecule has 1 aromatic carbocycles. The van der Waals surface area contributed by atoms with E-state index in [9.17, 15) is 14.7 Å². The standard InChI is InChI=1S/C23H27NO5/c1-5-6-11-24-20(18-8-7-12-28-18)19(22(26)23(24)27)21(25)16-9-10-17(15(4)13-16)29-14(2)3/h7-10,12-14,20,25H,5-6,11H2,1-4H3/b21-19-. The number of furan rings is 1. The van der Waals surface area contributed by atoms with Crippen LogP contribution in [-0.2, 0) is 9.59 Å². The number of Topliss-reactive ketones (excluding diaryl/α,β-unsaturated/α-hetero) is 1. The van der Waals surface area contributed by atoms with Crippen LogP contribution in [0.1, 0.15) is 56.5 Å². The monoisotopic (exact) mass is 397 g/mol. The number of nitrogens with zero attached hydrogens (tertiary/aromatic N) is 1. The molecule has 0 radical (unpaired) electrons. The third kappa shape index (κ3) is 4.06. The van der Waals surface area contributed by atoms with Crippen molar-refractivity contribution in [3.05, 3.63) is 59.1 Å². The molecule has 1 aliphatic heterocycles. The molecule has 1 aliphatic rings. The van der Waals surface area contributed by atoms with Gasteiger partial charge in [0.15, 0.2) is 0 Å². The van der Waals surface area contributed by atoms with E-state index in [0.29, 0.717) is 23.6 Å². The van der Waals surface area contributed by atoms with Gasteiger partial charge in [0.25, 0.3) is 11.7 Å². The van der Waals surface area contributed by atoms with Crippen LogP contribution in [0.3, 0.4) is 0 Å². The summed E-state index contributed by atoms with van der Waals surface area (Å²) in [6, 6.07) is 7.90. The zero-order chi connectivity index (χ0) is 21.1. The summed E-state index contributed by atoms with van der Waals surface area (Å²) in [4.78, 5) is 27.0. The Bertz CT molecular complexity index is 927. The van der Waals surface area contributed by atoms with Crippen LogP contribution < -0.4 is 4.74 Å². The Balaban J connectivity index is 2.07. The van der Waals surface area contributed by atoms with Crippen LogP contribution in [0.5, 0.6) is 5.75 Å². The molecule has 1 atom stereocenters. The van der Waals surface area contributed by atoms with Gasteiger partial charge in [0, 0.05) is 12.1 Å². The second-order valence-electron chi connectivity index (χ2n) is 7.51. The molecule has 0 bridgehead atoms. The molecule has 29 heavy (non-hydrogen) atoms. The lowest BCUT2D eigenvalue weighted by atomic mass is 9.98. The van der Waals surface area contributed by atoms with E-state index in [0.717, 1.165) is 18.4 Å². The quantitative estimate of drug-likeness (QED) is 0.420. The predicted octanol–water partition coefficient (Wildman–Crippen LogP) is 4.60. The zero-order valence-corrected chi connectivity index (χ0v) is 17.3. The lowest BCUT2D eigenvalue weighted by Gasteiger charge is -2.23. The highest BCUT2D eigenvalue weighted by atomic mass is 16.5. The van der Waals surface area contributed by atoms with Gasteiger partial charge in [0.05, 0.1) is 17.9 Å². The summed E-state index contributed by atoms with van der Waals surface area (Å²) in [6.07, 6.45) is 3.16. The van der Waals surface area contributed by atoms with E-state index in [1.807, 2.05) is 27.7 Å². The van der Waals surface area contributed by atoms with Crippen molar-refractivity contribution in [1.29, 1.82) is 0 Å². The van der Waals surface area contributed by atoms with E-state index >= 15 is 0 Å². The van der Waals surface area contributed by atoms with Crippen LogP contribution >= 0.6 is 0 Å². The third-order valence-corrected chi connectivity index (χ3v) is 4.92. The average molecular weight is 397 g/mol. The SMILES string of the molecule is CCCCN1C(=O)C(=O)/C(=C(\O)c2ccc(OC(C)C)c(C)c2)C1c1ccco1. The number of aliphatic hydroxyl groups excluding tert-OH is 1. The van der Waals surface area contributed by atoms with Crippen LogP contribution in [-0.4, -0.2) is 34.3 Å². The number of aliphatic hydroxyl groups is 1. The fraction of sp³-hybridized carbons (Fsp3) is 0.391. The molecule has 0 spiro atoms. The van der Waals surface area contributed by atoms with E-state index in [1.54, 1.807) is 30.3 Å². The molecule has 2 heterocycles. The molecule has 2 aromatic rings. The van der Waals surface area contributed by atoms with Crippen LogP contribution in [0.15, 0.2) is 46.6 Å². The molecule has 6 heteroatoms. The number of aryl methyl sites for hydroxylation is 1. The molecule has 0 aliphatic carbocycles.